The predicted molar refractivity (Wildman–Crippen MR) is 153 cm³/mol. The lowest BCUT2D eigenvalue weighted by molar-refractivity contribution is -0.143. The minimum atomic E-state index is -0.707. The summed E-state index contributed by atoms with van der Waals surface area (Å²) in [5, 5.41) is 4.46. The van der Waals surface area contributed by atoms with Crippen LogP contribution < -0.4 is 10.1 Å². The number of aryl methyl sites for hydroxylation is 1. The molecule has 1 saturated carbocycles. The highest BCUT2D eigenvalue weighted by molar-refractivity contribution is 6.31. The normalized spacial score (nSPS) is 14.5. The summed E-state index contributed by atoms with van der Waals surface area (Å²) in [7, 11) is 0. The number of hydrogen-bond acceptors (Lipinski definition) is 3. The van der Waals surface area contributed by atoms with E-state index in [1.54, 1.807) is 29.2 Å². The molecular formula is C31H34Cl2N2O3. The molecule has 0 aliphatic heterocycles. The Morgan fingerprint density at radius 2 is 1.68 bits per heavy atom. The molecule has 0 radical (unpaired) electrons. The average molecular weight is 554 g/mol. The highest BCUT2D eigenvalue weighted by Gasteiger charge is 2.32. The topological polar surface area (TPSA) is 58.6 Å². The maximum atomic E-state index is 13.8. The number of benzene rings is 3. The summed E-state index contributed by atoms with van der Waals surface area (Å²) >= 11 is 12.4. The van der Waals surface area contributed by atoms with E-state index in [0.29, 0.717) is 22.2 Å². The van der Waals surface area contributed by atoms with Crippen molar-refractivity contribution >= 4 is 35.0 Å². The van der Waals surface area contributed by atoms with E-state index in [-0.39, 0.29) is 31.0 Å². The minimum absolute atomic E-state index is 0.130. The van der Waals surface area contributed by atoms with E-state index in [0.717, 1.165) is 42.4 Å². The standard InChI is InChI=1S/C31H34Cl2N2O3/c1-22-17-27(15-16-28(22)33)38-21-30(36)35(20-24-11-8-12-25(32)18-24)29(19-23-9-4-2-5-10-23)31(37)34-26-13-6-3-7-14-26/h2,4-5,8-12,15-18,26,29H,3,6-7,13-14,19-21H2,1H3,(H,34,37). The minimum Gasteiger partial charge on any atom is -0.484 e. The molecule has 0 bridgehead atoms. The van der Waals surface area contributed by atoms with Crippen molar-refractivity contribution in [2.24, 2.45) is 0 Å². The van der Waals surface area contributed by atoms with E-state index < -0.39 is 6.04 Å². The highest BCUT2D eigenvalue weighted by Crippen LogP contribution is 2.23. The van der Waals surface area contributed by atoms with Crippen molar-refractivity contribution in [3.05, 3.63) is 99.5 Å². The number of nitrogens with zero attached hydrogens (tertiary/aromatic N) is 1. The Hall–Kier alpha value is -3.02. The van der Waals surface area contributed by atoms with Crippen molar-refractivity contribution in [2.75, 3.05) is 6.61 Å². The second kappa shape index (κ2) is 13.7. The molecule has 0 spiro atoms. The van der Waals surface area contributed by atoms with Crippen LogP contribution in [0.4, 0.5) is 0 Å². The number of nitrogens with one attached hydrogen (secondary N) is 1. The van der Waals surface area contributed by atoms with E-state index in [1.807, 2.05) is 55.5 Å². The third-order valence-electron chi connectivity index (χ3n) is 6.96. The summed E-state index contributed by atoms with van der Waals surface area (Å²) in [6, 6.07) is 21.9. The molecule has 1 unspecified atom stereocenters. The molecule has 5 nitrogen and oxygen atoms in total. The van der Waals surface area contributed by atoms with Crippen LogP contribution in [-0.4, -0.2) is 35.4 Å². The van der Waals surface area contributed by atoms with Gasteiger partial charge in [-0.05, 0) is 66.8 Å². The van der Waals surface area contributed by atoms with Gasteiger partial charge in [0.1, 0.15) is 11.8 Å². The smallest absolute Gasteiger partial charge is 0.261 e. The molecule has 1 aliphatic carbocycles. The van der Waals surface area contributed by atoms with E-state index in [9.17, 15) is 9.59 Å². The number of amides is 2. The number of halogens is 2. The molecule has 200 valence electrons. The molecule has 1 fully saturated rings. The van der Waals surface area contributed by atoms with Gasteiger partial charge in [-0.3, -0.25) is 9.59 Å². The number of ether oxygens (including phenoxy) is 1. The first kappa shape index (κ1) is 28.0. The Morgan fingerprint density at radius 1 is 0.947 bits per heavy atom. The monoisotopic (exact) mass is 552 g/mol. The van der Waals surface area contributed by atoms with Gasteiger partial charge in [-0.15, -0.1) is 0 Å². The third-order valence-corrected chi connectivity index (χ3v) is 7.62. The van der Waals surface area contributed by atoms with E-state index in [1.165, 1.54) is 6.42 Å². The van der Waals surface area contributed by atoms with Crippen LogP contribution in [0.1, 0.15) is 48.8 Å². The summed E-state index contributed by atoms with van der Waals surface area (Å²) in [5.41, 5.74) is 2.69. The van der Waals surface area contributed by atoms with Crippen LogP contribution in [0.5, 0.6) is 5.75 Å². The van der Waals surface area contributed by atoms with Gasteiger partial charge in [0.25, 0.3) is 5.91 Å². The van der Waals surface area contributed by atoms with Gasteiger partial charge in [-0.2, -0.15) is 0 Å². The molecule has 3 aromatic rings. The van der Waals surface area contributed by atoms with Gasteiger partial charge >= 0.3 is 0 Å². The van der Waals surface area contributed by atoms with Gasteiger partial charge in [0.05, 0.1) is 0 Å². The second-order valence-corrected chi connectivity index (χ2v) is 10.7. The van der Waals surface area contributed by atoms with Gasteiger partial charge in [0, 0.05) is 29.1 Å². The Kier molecular flexibility index (Phi) is 10.1. The van der Waals surface area contributed by atoms with Crippen LogP contribution >= 0.6 is 23.2 Å². The second-order valence-electron chi connectivity index (χ2n) is 9.90. The maximum Gasteiger partial charge on any atom is 0.261 e. The maximum absolute atomic E-state index is 13.8. The fourth-order valence-corrected chi connectivity index (χ4v) is 5.20. The molecule has 0 saturated heterocycles. The largest absolute Gasteiger partial charge is 0.484 e. The molecular weight excluding hydrogens is 519 g/mol. The lowest BCUT2D eigenvalue weighted by Crippen LogP contribution is -2.53. The Labute approximate surface area is 235 Å². The molecule has 0 heterocycles. The quantitative estimate of drug-likeness (QED) is 0.302. The molecule has 1 aliphatic rings. The summed E-state index contributed by atoms with van der Waals surface area (Å²) in [6.45, 7) is 1.91. The first-order valence-electron chi connectivity index (χ1n) is 13.2. The predicted octanol–water partition coefficient (Wildman–Crippen LogP) is 6.77. The summed E-state index contributed by atoms with van der Waals surface area (Å²) in [4.78, 5) is 29.2. The Morgan fingerprint density at radius 3 is 2.39 bits per heavy atom. The summed E-state index contributed by atoms with van der Waals surface area (Å²) in [5.74, 6) is 0.130. The first-order chi connectivity index (χ1) is 18.4. The fraction of sp³-hybridized carbons (Fsp3) is 0.355. The lowest BCUT2D eigenvalue weighted by atomic mass is 9.94. The molecule has 4 rings (SSSR count). The van der Waals surface area contributed by atoms with Crippen molar-refractivity contribution in [1.82, 2.24) is 10.2 Å². The third kappa shape index (κ3) is 7.99. The number of hydrogen-bond donors (Lipinski definition) is 1. The van der Waals surface area contributed by atoms with Gasteiger partial charge in [0.15, 0.2) is 6.61 Å². The fourth-order valence-electron chi connectivity index (χ4n) is 4.87. The van der Waals surface area contributed by atoms with Crippen molar-refractivity contribution < 1.29 is 14.3 Å². The molecule has 38 heavy (non-hydrogen) atoms. The zero-order valence-electron chi connectivity index (χ0n) is 21.7. The highest BCUT2D eigenvalue weighted by atomic mass is 35.5. The van der Waals surface area contributed by atoms with E-state index >= 15 is 0 Å². The molecule has 2 amide bonds. The zero-order valence-corrected chi connectivity index (χ0v) is 23.2. The van der Waals surface area contributed by atoms with E-state index in [4.69, 9.17) is 27.9 Å². The van der Waals surface area contributed by atoms with E-state index in [2.05, 4.69) is 5.32 Å². The molecule has 3 aromatic carbocycles. The summed E-state index contributed by atoms with van der Waals surface area (Å²) in [6.07, 6.45) is 5.73. The van der Waals surface area contributed by atoms with Gasteiger partial charge in [0.2, 0.25) is 5.91 Å². The van der Waals surface area contributed by atoms with Crippen LogP contribution in [0.25, 0.3) is 0 Å². The van der Waals surface area contributed by atoms with Crippen LogP contribution in [0, 0.1) is 6.92 Å². The Bertz CT molecular complexity index is 1230. The molecule has 0 aromatic heterocycles. The first-order valence-corrected chi connectivity index (χ1v) is 13.9. The number of carbonyl (C=O) groups excluding carboxylic acids is 2. The lowest BCUT2D eigenvalue weighted by Gasteiger charge is -2.33. The molecule has 7 heteroatoms. The molecule has 1 N–H and O–H groups in total. The van der Waals surface area contributed by atoms with Crippen LogP contribution in [0.2, 0.25) is 10.0 Å². The van der Waals surface area contributed by atoms with Crippen molar-refractivity contribution in [3.63, 3.8) is 0 Å². The number of rotatable bonds is 10. The van der Waals surface area contributed by atoms with Gasteiger partial charge in [-0.1, -0.05) is 84.9 Å². The van der Waals surface area contributed by atoms with Crippen LogP contribution in [0.15, 0.2) is 72.8 Å². The van der Waals surface area contributed by atoms with Crippen LogP contribution in [0.3, 0.4) is 0 Å². The zero-order chi connectivity index (χ0) is 26.9. The molecule has 1 atom stereocenters. The van der Waals surface area contributed by atoms with Gasteiger partial charge < -0.3 is 15.0 Å². The van der Waals surface area contributed by atoms with Gasteiger partial charge in [-0.25, -0.2) is 0 Å². The Balaban J connectivity index is 1.61. The van der Waals surface area contributed by atoms with Crippen LogP contribution in [-0.2, 0) is 22.6 Å². The summed E-state index contributed by atoms with van der Waals surface area (Å²) < 4.78 is 5.87. The van der Waals surface area contributed by atoms with Crippen molar-refractivity contribution in [3.8, 4) is 5.75 Å². The number of carbonyl (C=O) groups is 2. The van der Waals surface area contributed by atoms with Crippen molar-refractivity contribution in [2.45, 2.75) is 64.1 Å². The van der Waals surface area contributed by atoms with Crippen molar-refractivity contribution in [1.29, 1.82) is 0 Å². The average Bonchev–Trinajstić information content (AvgIpc) is 2.92. The SMILES string of the molecule is Cc1cc(OCC(=O)N(Cc2cccc(Cl)c2)C(Cc2ccccc2)C(=O)NC2CCCCC2)ccc1Cl.